The van der Waals surface area contributed by atoms with E-state index in [0.717, 1.165) is 12.3 Å². The number of hydrogen-bond donors (Lipinski definition) is 1. The molecule has 0 spiro atoms. The van der Waals surface area contributed by atoms with Crippen LogP contribution in [0.25, 0.3) is 0 Å². The number of anilines is 2. The first-order valence-corrected chi connectivity index (χ1v) is 8.37. The van der Waals surface area contributed by atoms with Crippen LogP contribution in [0.5, 0.6) is 0 Å². The van der Waals surface area contributed by atoms with Crippen molar-refractivity contribution in [2.45, 2.75) is 24.8 Å². The van der Waals surface area contributed by atoms with Crippen molar-refractivity contribution in [3.05, 3.63) is 40.7 Å². The fourth-order valence-electron chi connectivity index (χ4n) is 1.88. The van der Waals surface area contributed by atoms with Crippen LogP contribution in [-0.4, -0.2) is 29.4 Å². The van der Waals surface area contributed by atoms with Gasteiger partial charge in [0.05, 0.1) is 27.4 Å². The summed E-state index contributed by atoms with van der Waals surface area (Å²) in [6.07, 6.45) is 4.31. The van der Waals surface area contributed by atoms with Gasteiger partial charge >= 0.3 is 0 Å². The molecule has 1 aromatic carbocycles. The second kappa shape index (κ2) is 5.76. The number of nitro groups is 1. The molecule has 0 aliphatic rings. The Morgan fingerprint density at radius 2 is 2.05 bits per heavy atom. The Hall–Kier alpha value is -2.42. The van der Waals surface area contributed by atoms with Gasteiger partial charge in [0, 0.05) is 30.6 Å². The van der Waals surface area contributed by atoms with Crippen molar-refractivity contribution in [3.8, 4) is 0 Å². The topological polar surface area (TPSA) is 107 Å². The largest absolute Gasteiger partial charge is 0.352 e. The highest BCUT2D eigenvalue weighted by molar-refractivity contribution is 7.90. The summed E-state index contributed by atoms with van der Waals surface area (Å²) in [7, 11) is -3.61. The number of hydrogen-bond acceptors (Lipinski definition) is 6. The number of rotatable bonds is 5. The van der Waals surface area contributed by atoms with E-state index in [2.05, 4.69) is 10.4 Å². The molecule has 0 aliphatic heterocycles. The van der Waals surface area contributed by atoms with Crippen molar-refractivity contribution in [2.24, 2.45) is 0 Å². The van der Waals surface area contributed by atoms with Gasteiger partial charge in [-0.15, -0.1) is 0 Å². The minimum atomic E-state index is -3.61. The van der Waals surface area contributed by atoms with Crippen LogP contribution in [0, 0.1) is 10.1 Å². The Morgan fingerprint density at radius 1 is 1.36 bits per heavy atom. The molecule has 118 valence electrons. The van der Waals surface area contributed by atoms with Gasteiger partial charge in [-0.05, 0) is 19.9 Å². The van der Waals surface area contributed by atoms with Crippen molar-refractivity contribution < 1.29 is 13.3 Å². The second-order valence-corrected chi connectivity index (χ2v) is 7.12. The fraction of sp³-hybridized carbons (Fsp3) is 0.308. The molecule has 0 saturated carbocycles. The lowest BCUT2D eigenvalue weighted by atomic mass is 10.3. The zero-order chi connectivity index (χ0) is 16.5. The lowest BCUT2D eigenvalue weighted by molar-refractivity contribution is -0.385. The Balaban J connectivity index is 2.43. The zero-order valence-corrected chi connectivity index (χ0v) is 13.2. The van der Waals surface area contributed by atoms with Gasteiger partial charge < -0.3 is 5.32 Å². The molecule has 0 atom stereocenters. The fourth-order valence-corrected chi connectivity index (χ4v) is 2.73. The molecule has 2 rings (SSSR count). The first kappa shape index (κ1) is 16.0. The van der Waals surface area contributed by atoms with Gasteiger partial charge in [0.15, 0.2) is 9.84 Å². The molecule has 9 heteroatoms. The second-order valence-electron chi connectivity index (χ2n) is 5.14. The SMILES string of the molecule is CC(C)n1cc(Nc2ccc([N+](=O)[O-])cc2S(C)(=O)=O)cn1. The number of non-ortho nitro benzene ring substituents is 1. The molecule has 8 nitrogen and oxygen atoms in total. The van der Waals surface area contributed by atoms with E-state index in [9.17, 15) is 18.5 Å². The summed E-state index contributed by atoms with van der Waals surface area (Å²) in [5.41, 5.74) is 0.604. The maximum Gasteiger partial charge on any atom is 0.270 e. The monoisotopic (exact) mass is 324 g/mol. The maximum atomic E-state index is 11.8. The van der Waals surface area contributed by atoms with E-state index in [-0.39, 0.29) is 22.3 Å². The summed E-state index contributed by atoms with van der Waals surface area (Å²) in [5.74, 6) is 0. The summed E-state index contributed by atoms with van der Waals surface area (Å²) in [4.78, 5) is 10.0. The summed E-state index contributed by atoms with van der Waals surface area (Å²) >= 11 is 0. The van der Waals surface area contributed by atoms with Gasteiger partial charge in [-0.1, -0.05) is 0 Å². The highest BCUT2D eigenvalue weighted by Gasteiger charge is 2.19. The van der Waals surface area contributed by atoms with Crippen molar-refractivity contribution in [1.82, 2.24) is 9.78 Å². The van der Waals surface area contributed by atoms with Crippen molar-refractivity contribution in [2.75, 3.05) is 11.6 Å². The molecule has 1 aromatic heterocycles. The van der Waals surface area contributed by atoms with E-state index < -0.39 is 14.8 Å². The molecule has 0 aliphatic carbocycles. The van der Waals surface area contributed by atoms with Crippen molar-refractivity contribution in [3.63, 3.8) is 0 Å². The molecule has 0 fully saturated rings. The van der Waals surface area contributed by atoms with Crippen molar-refractivity contribution >= 4 is 26.9 Å². The number of benzene rings is 1. The summed E-state index contributed by atoms with van der Waals surface area (Å²) in [5, 5.41) is 17.9. The summed E-state index contributed by atoms with van der Waals surface area (Å²) < 4.78 is 25.4. The van der Waals surface area contributed by atoms with Crippen LogP contribution in [-0.2, 0) is 9.84 Å². The quantitative estimate of drug-likeness (QED) is 0.669. The first-order valence-electron chi connectivity index (χ1n) is 6.48. The molecular weight excluding hydrogens is 308 g/mol. The van der Waals surface area contributed by atoms with Crippen LogP contribution in [0.1, 0.15) is 19.9 Å². The average Bonchev–Trinajstić information content (AvgIpc) is 2.86. The Kier molecular flexibility index (Phi) is 4.18. The van der Waals surface area contributed by atoms with E-state index in [1.165, 1.54) is 12.1 Å². The molecule has 0 bridgehead atoms. The molecular formula is C13H16N4O4S. The normalized spacial score (nSPS) is 11.6. The summed E-state index contributed by atoms with van der Waals surface area (Å²) in [6, 6.07) is 3.84. The van der Waals surface area contributed by atoms with Crippen molar-refractivity contribution in [1.29, 1.82) is 0 Å². The van der Waals surface area contributed by atoms with Gasteiger partial charge in [-0.25, -0.2) is 8.42 Å². The molecule has 1 N–H and O–H groups in total. The van der Waals surface area contributed by atoms with Gasteiger partial charge in [-0.3, -0.25) is 14.8 Å². The van der Waals surface area contributed by atoms with Crippen LogP contribution < -0.4 is 5.32 Å². The molecule has 0 amide bonds. The first-order chi connectivity index (χ1) is 10.2. The smallest absolute Gasteiger partial charge is 0.270 e. The van der Waals surface area contributed by atoms with Crippen LogP contribution in [0.3, 0.4) is 0 Å². The highest BCUT2D eigenvalue weighted by Crippen LogP contribution is 2.29. The van der Waals surface area contributed by atoms with E-state index in [1.54, 1.807) is 17.1 Å². The predicted octanol–water partition coefficient (Wildman–Crippen LogP) is 2.52. The van der Waals surface area contributed by atoms with E-state index >= 15 is 0 Å². The molecule has 0 saturated heterocycles. The third-order valence-electron chi connectivity index (χ3n) is 2.99. The van der Waals surface area contributed by atoms with Crippen LogP contribution in [0.2, 0.25) is 0 Å². The predicted molar refractivity (Wildman–Crippen MR) is 82.1 cm³/mol. The minimum absolute atomic E-state index is 0.126. The third-order valence-corrected chi connectivity index (χ3v) is 4.12. The molecule has 1 heterocycles. The van der Waals surface area contributed by atoms with Crippen LogP contribution >= 0.6 is 0 Å². The van der Waals surface area contributed by atoms with Crippen LogP contribution in [0.4, 0.5) is 17.1 Å². The highest BCUT2D eigenvalue weighted by atomic mass is 32.2. The number of aromatic nitrogens is 2. The van der Waals surface area contributed by atoms with E-state index in [0.29, 0.717) is 5.69 Å². The Morgan fingerprint density at radius 3 is 2.55 bits per heavy atom. The lowest BCUT2D eigenvalue weighted by Crippen LogP contribution is -2.04. The number of nitrogens with one attached hydrogen (secondary N) is 1. The number of nitro benzene ring substituents is 1. The van der Waals surface area contributed by atoms with Gasteiger partial charge in [0.2, 0.25) is 0 Å². The number of nitrogens with zero attached hydrogens (tertiary/aromatic N) is 3. The minimum Gasteiger partial charge on any atom is -0.352 e. The van der Waals surface area contributed by atoms with Gasteiger partial charge in [-0.2, -0.15) is 5.10 Å². The molecule has 22 heavy (non-hydrogen) atoms. The van der Waals surface area contributed by atoms with Gasteiger partial charge in [0.25, 0.3) is 5.69 Å². The van der Waals surface area contributed by atoms with E-state index in [4.69, 9.17) is 0 Å². The number of sulfone groups is 1. The Bertz CT molecular complexity index is 811. The molecule has 0 unspecified atom stereocenters. The summed E-state index contributed by atoms with van der Waals surface area (Å²) in [6.45, 7) is 3.93. The molecule has 2 aromatic rings. The molecule has 0 radical (unpaired) electrons. The van der Waals surface area contributed by atoms with Crippen LogP contribution in [0.15, 0.2) is 35.5 Å². The van der Waals surface area contributed by atoms with Gasteiger partial charge in [0.1, 0.15) is 0 Å². The standard InChI is InChI=1S/C13H16N4O4S/c1-9(2)16-8-10(7-14-16)15-12-5-4-11(17(18)19)6-13(12)22(3,20)21/h4-9,15H,1-3H3. The lowest BCUT2D eigenvalue weighted by Gasteiger charge is -2.09. The third kappa shape index (κ3) is 3.42. The van der Waals surface area contributed by atoms with E-state index in [1.807, 2.05) is 13.8 Å². The zero-order valence-electron chi connectivity index (χ0n) is 12.3. The Labute approximate surface area is 127 Å². The average molecular weight is 324 g/mol. The maximum absolute atomic E-state index is 11.8.